The molecule has 0 spiro atoms. The minimum atomic E-state index is 0.585. The monoisotopic (exact) mass is 231 g/mol. The number of hydrogen-bond acceptors (Lipinski definition) is 2. The minimum Gasteiger partial charge on any atom is -0.222 e. The fraction of sp³-hybridized carbons (Fsp3) is 0.167. The van der Waals surface area contributed by atoms with Gasteiger partial charge in [0, 0.05) is 0 Å². The fourth-order valence-corrected chi connectivity index (χ4v) is 1.70. The lowest BCUT2D eigenvalue weighted by Crippen LogP contribution is -1.97. The number of benzene rings is 1. The topological polar surface area (TPSA) is 41.6 Å². The molecule has 2 aromatic rings. The van der Waals surface area contributed by atoms with Crippen molar-refractivity contribution in [1.82, 2.24) is 9.78 Å². The van der Waals surface area contributed by atoms with Crippen molar-refractivity contribution in [1.29, 1.82) is 5.26 Å². The summed E-state index contributed by atoms with van der Waals surface area (Å²) in [5.41, 5.74) is 2.45. The van der Waals surface area contributed by atoms with Crippen LogP contribution in [0, 0.1) is 11.3 Å². The Morgan fingerprint density at radius 1 is 1.38 bits per heavy atom. The van der Waals surface area contributed by atoms with Gasteiger partial charge in [-0.2, -0.15) is 10.4 Å². The Morgan fingerprint density at radius 2 is 2.06 bits per heavy atom. The molecule has 1 aromatic carbocycles. The highest BCUT2D eigenvalue weighted by molar-refractivity contribution is 6.29. The van der Waals surface area contributed by atoms with E-state index >= 15 is 0 Å². The number of hydrogen-bond donors (Lipinski definition) is 0. The second kappa shape index (κ2) is 4.38. The van der Waals surface area contributed by atoms with E-state index in [1.807, 2.05) is 25.1 Å². The summed E-state index contributed by atoms with van der Waals surface area (Å²) >= 11 is 6.07. The standard InChI is InChI=1S/C12H10ClN3/c1-2-10-7-12(13)16(15-10)11-5-3-9(8-14)4-6-11/h3-7H,2H2,1H3. The average molecular weight is 232 g/mol. The van der Waals surface area contributed by atoms with Gasteiger partial charge in [-0.25, -0.2) is 4.68 Å². The van der Waals surface area contributed by atoms with Gasteiger partial charge in [0.2, 0.25) is 0 Å². The quantitative estimate of drug-likeness (QED) is 0.798. The first kappa shape index (κ1) is 10.7. The van der Waals surface area contributed by atoms with Crippen LogP contribution in [0.3, 0.4) is 0 Å². The van der Waals surface area contributed by atoms with Crippen LogP contribution >= 0.6 is 11.6 Å². The Morgan fingerprint density at radius 3 is 2.56 bits per heavy atom. The lowest BCUT2D eigenvalue weighted by Gasteiger charge is -2.02. The molecule has 0 radical (unpaired) electrons. The molecule has 0 atom stereocenters. The van der Waals surface area contributed by atoms with Gasteiger partial charge < -0.3 is 0 Å². The summed E-state index contributed by atoms with van der Waals surface area (Å²) in [5, 5.41) is 13.6. The molecule has 0 fully saturated rings. The molecule has 4 heteroatoms. The minimum absolute atomic E-state index is 0.585. The van der Waals surface area contributed by atoms with E-state index in [1.165, 1.54) is 0 Å². The predicted molar refractivity (Wildman–Crippen MR) is 62.7 cm³/mol. The van der Waals surface area contributed by atoms with Gasteiger partial charge in [-0.05, 0) is 36.8 Å². The van der Waals surface area contributed by atoms with Crippen molar-refractivity contribution < 1.29 is 0 Å². The van der Waals surface area contributed by atoms with Gasteiger partial charge in [-0.1, -0.05) is 18.5 Å². The van der Waals surface area contributed by atoms with E-state index in [2.05, 4.69) is 11.2 Å². The summed E-state index contributed by atoms with van der Waals surface area (Å²) in [4.78, 5) is 0. The Bertz CT molecular complexity index is 534. The number of nitrogens with zero attached hydrogens (tertiary/aromatic N) is 3. The molecule has 0 unspecified atom stereocenters. The van der Waals surface area contributed by atoms with Gasteiger partial charge in [0.25, 0.3) is 0 Å². The Hall–Kier alpha value is -1.79. The van der Waals surface area contributed by atoms with E-state index < -0.39 is 0 Å². The van der Waals surface area contributed by atoms with E-state index in [0.717, 1.165) is 17.8 Å². The first-order chi connectivity index (χ1) is 7.74. The van der Waals surface area contributed by atoms with Crippen LogP contribution in [0.25, 0.3) is 5.69 Å². The molecule has 0 saturated heterocycles. The molecule has 0 aliphatic rings. The average Bonchev–Trinajstić information content (AvgIpc) is 2.71. The fourth-order valence-electron chi connectivity index (χ4n) is 1.43. The van der Waals surface area contributed by atoms with Gasteiger partial charge in [0.15, 0.2) is 0 Å². The summed E-state index contributed by atoms with van der Waals surface area (Å²) in [7, 11) is 0. The van der Waals surface area contributed by atoms with Crippen molar-refractivity contribution in [3.8, 4) is 11.8 Å². The second-order valence-electron chi connectivity index (χ2n) is 3.38. The number of nitriles is 1. The summed E-state index contributed by atoms with van der Waals surface area (Å²) in [6, 6.07) is 11.1. The second-order valence-corrected chi connectivity index (χ2v) is 3.77. The molecule has 0 amide bonds. The number of aryl methyl sites for hydroxylation is 1. The van der Waals surface area contributed by atoms with E-state index in [0.29, 0.717) is 10.7 Å². The first-order valence-corrected chi connectivity index (χ1v) is 5.37. The highest BCUT2D eigenvalue weighted by atomic mass is 35.5. The zero-order valence-corrected chi connectivity index (χ0v) is 9.57. The first-order valence-electron chi connectivity index (χ1n) is 4.99. The summed E-state index contributed by atoms with van der Waals surface area (Å²) in [6.45, 7) is 2.03. The van der Waals surface area contributed by atoms with Crippen LogP contribution in [-0.4, -0.2) is 9.78 Å². The summed E-state index contributed by atoms with van der Waals surface area (Å²) in [5.74, 6) is 0. The zero-order valence-electron chi connectivity index (χ0n) is 8.81. The van der Waals surface area contributed by atoms with Crippen LogP contribution in [0.4, 0.5) is 0 Å². The summed E-state index contributed by atoms with van der Waals surface area (Å²) in [6.07, 6.45) is 0.850. The molecule has 0 bridgehead atoms. The highest BCUT2D eigenvalue weighted by Crippen LogP contribution is 2.17. The maximum Gasteiger partial charge on any atom is 0.133 e. The van der Waals surface area contributed by atoms with Crippen LogP contribution in [0.15, 0.2) is 30.3 Å². The third-order valence-corrected chi connectivity index (χ3v) is 2.59. The van der Waals surface area contributed by atoms with Crippen LogP contribution in [0.1, 0.15) is 18.2 Å². The molecule has 80 valence electrons. The Balaban J connectivity index is 2.42. The van der Waals surface area contributed by atoms with Gasteiger partial charge >= 0.3 is 0 Å². The molecule has 2 rings (SSSR count). The van der Waals surface area contributed by atoms with Gasteiger partial charge in [0.1, 0.15) is 5.15 Å². The van der Waals surface area contributed by atoms with Gasteiger partial charge in [-0.15, -0.1) is 0 Å². The molecule has 0 saturated carbocycles. The Labute approximate surface area is 98.9 Å². The number of rotatable bonds is 2. The lowest BCUT2D eigenvalue weighted by atomic mass is 10.2. The van der Waals surface area contributed by atoms with E-state index in [4.69, 9.17) is 16.9 Å². The molecule has 1 heterocycles. The molecule has 0 N–H and O–H groups in total. The van der Waals surface area contributed by atoms with Crippen molar-refractivity contribution in [3.05, 3.63) is 46.7 Å². The van der Waals surface area contributed by atoms with Crippen LogP contribution in [0.2, 0.25) is 5.15 Å². The SMILES string of the molecule is CCc1cc(Cl)n(-c2ccc(C#N)cc2)n1. The maximum atomic E-state index is 8.70. The van der Waals surface area contributed by atoms with Crippen molar-refractivity contribution >= 4 is 11.6 Å². The lowest BCUT2D eigenvalue weighted by molar-refractivity contribution is 0.842. The smallest absolute Gasteiger partial charge is 0.133 e. The molecular weight excluding hydrogens is 222 g/mol. The van der Waals surface area contributed by atoms with Crippen molar-refractivity contribution in [2.24, 2.45) is 0 Å². The van der Waals surface area contributed by atoms with Gasteiger partial charge in [0.05, 0.1) is 23.0 Å². The zero-order chi connectivity index (χ0) is 11.5. The molecule has 0 aliphatic carbocycles. The molecule has 3 nitrogen and oxygen atoms in total. The highest BCUT2D eigenvalue weighted by Gasteiger charge is 2.06. The van der Waals surface area contributed by atoms with Crippen LogP contribution < -0.4 is 0 Å². The number of halogens is 1. The van der Waals surface area contributed by atoms with Crippen molar-refractivity contribution in [3.63, 3.8) is 0 Å². The van der Waals surface area contributed by atoms with E-state index in [1.54, 1.807) is 16.8 Å². The third-order valence-electron chi connectivity index (χ3n) is 2.32. The predicted octanol–water partition coefficient (Wildman–Crippen LogP) is 2.96. The molecule has 0 aliphatic heterocycles. The molecular formula is C12H10ClN3. The van der Waals surface area contributed by atoms with E-state index in [-0.39, 0.29) is 0 Å². The third kappa shape index (κ3) is 1.93. The normalized spacial score (nSPS) is 10.1. The van der Waals surface area contributed by atoms with Crippen molar-refractivity contribution in [2.75, 3.05) is 0 Å². The Kier molecular flexibility index (Phi) is 2.93. The molecule has 1 aromatic heterocycles. The van der Waals surface area contributed by atoms with E-state index in [9.17, 15) is 0 Å². The summed E-state index contributed by atoms with van der Waals surface area (Å²) < 4.78 is 1.67. The molecule has 16 heavy (non-hydrogen) atoms. The number of aromatic nitrogens is 2. The maximum absolute atomic E-state index is 8.70. The van der Waals surface area contributed by atoms with Gasteiger partial charge in [-0.3, -0.25) is 0 Å². The largest absolute Gasteiger partial charge is 0.222 e. The van der Waals surface area contributed by atoms with Crippen molar-refractivity contribution in [2.45, 2.75) is 13.3 Å². The van der Waals surface area contributed by atoms with Crippen LogP contribution in [0.5, 0.6) is 0 Å². The van der Waals surface area contributed by atoms with Crippen LogP contribution in [-0.2, 0) is 6.42 Å².